The topological polar surface area (TPSA) is 44.3 Å². The normalized spacial score (nSPS) is 13.5. The molecule has 1 saturated heterocycles. The molecule has 2 heterocycles. The molecule has 150 valence electrons. The molecule has 0 atom stereocenters. The van der Waals surface area contributed by atoms with Gasteiger partial charge in [-0.2, -0.15) is 4.98 Å². The third-order valence-corrected chi connectivity index (χ3v) is 5.46. The van der Waals surface area contributed by atoms with Gasteiger partial charge in [-0.15, -0.1) is 0 Å². The molecule has 4 rings (SSSR count). The van der Waals surface area contributed by atoms with Crippen LogP contribution in [0.25, 0.3) is 11.3 Å². The van der Waals surface area contributed by atoms with Crippen molar-refractivity contribution in [1.29, 1.82) is 0 Å². The van der Waals surface area contributed by atoms with Crippen LogP contribution < -0.4 is 15.1 Å². The van der Waals surface area contributed by atoms with E-state index in [2.05, 4.69) is 71.4 Å². The van der Waals surface area contributed by atoms with Gasteiger partial charge in [0, 0.05) is 49.2 Å². The predicted octanol–water partition coefficient (Wildman–Crippen LogP) is 5.33. The Morgan fingerprint density at radius 1 is 0.897 bits per heavy atom. The molecule has 1 aliphatic heterocycles. The lowest BCUT2D eigenvalue weighted by Gasteiger charge is -2.21. The summed E-state index contributed by atoms with van der Waals surface area (Å²) in [4.78, 5) is 14.3. The molecule has 0 bridgehead atoms. The van der Waals surface area contributed by atoms with Crippen molar-refractivity contribution < 1.29 is 0 Å². The molecule has 1 aromatic heterocycles. The summed E-state index contributed by atoms with van der Waals surface area (Å²) in [5, 5.41) is 3.41. The first-order chi connectivity index (χ1) is 14.3. The Morgan fingerprint density at radius 3 is 2.24 bits per heavy atom. The molecule has 0 saturated carbocycles. The monoisotopic (exact) mass is 387 g/mol. The van der Waals surface area contributed by atoms with Crippen molar-refractivity contribution in [2.75, 3.05) is 41.3 Å². The molecule has 5 heteroatoms. The number of aromatic nitrogens is 2. The number of hydrogen-bond donors (Lipinski definition) is 1. The first kappa shape index (κ1) is 19.2. The highest BCUT2D eigenvalue weighted by Gasteiger charge is 2.16. The van der Waals surface area contributed by atoms with Gasteiger partial charge in [0.2, 0.25) is 5.95 Å². The Bertz CT molecular complexity index is 914. The summed E-state index contributed by atoms with van der Waals surface area (Å²) < 4.78 is 0. The van der Waals surface area contributed by atoms with E-state index in [4.69, 9.17) is 9.97 Å². The van der Waals surface area contributed by atoms with E-state index in [9.17, 15) is 0 Å². The molecule has 1 aliphatic rings. The minimum atomic E-state index is 0.642. The lowest BCUT2D eigenvalue weighted by molar-refractivity contribution is 0.866. The average Bonchev–Trinajstić information content (AvgIpc) is 3.31. The highest BCUT2D eigenvalue weighted by molar-refractivity contribution is 5.67. The lowest BCUT2D eigenvalue weighted by Crippen LogP contribution is -2.21. The molecule has 1 N–H and O–H groups in total. The van der Waals surface area contributed by atoms with Crippen LogP contribution in [0.2, 0.25) is 0 Å². The van der Waals surface area contributed by atoms with Gasteiger partial charge < -0.3 is 15.1 Å². The fraction of sp³-hybridized carbons (Fsp3) is 0.333. The van der Waals surface area contributed by atoms with Gasteiger partial charge in [0.1, 0.15) is 5.82 Å². The van der Waals surface area contributed by atoms with Crippen molar-refractivity contribution in [2.24, 2.45) is 0 Å². The fourth-order valence-electron chi connectivity index (χ4n) is 3.83. The molecule has 5 nitrogen and oxygen atoms in total. The zero-order chi connectivity index (χ0) is 20.1. The van der Waals surface area contributed by atoms with Crippen molar-refractivity contribution in [3.63, 3.8) is 0 Å². The molecule has 3 aromatic rings. The summed E-state index contributed by atoms with van der Waals surface area (Å²) in [6, 6.07) is 20.9. The van der Waals surface area contributed by atoms with Crippen LogP contribution in [0.3, 0.4) is 0 Å². The summed E-state index contributed by atoms with van der Waals surface area (Å²) in [6.07, 6.45) is 2.44. The molecule has 0 spiro atoms. The summed E-state index contributed by atoms with van der Waals surface area (Å²) in [5.41, 5.74) is 4.29. The SMILES string of the molecule is CCN(CC)c1ccc(Nc2nc(-c3ccccc3)cc(N3CCCC3)n2)cc1. The van der Waals surface area contributed by atoms with Crippen LogP contribution in [0, 0.1) is 0 Å². The van der Waals surface area contributed by atoms with Crippen LogP contribution in [-0.2, 0) is 0 Å². The zero-order valence-corrected chi connectivity index (χ0v) is 17.3. The van der Waals surface area contributed by atoms with E-state index in [0.29, 0.717) is 5.95 Å². The molecular formula is C24H29N5. The maximum Gasteiger partial charge on any atom is 0.229 e. The molecule has 0 aliphatic carbocycles. The zero-order valence-electron chi connectivity index (χ0n) is 17.3. The molecule has 2 aromatic carbocycles. The first-order valence-electron chi connectivity index (χ1n) is 10.6. The maximum atomic E-state index is 4.82. The Labute approximate surface area is 173 Å². The maximum absolute atomic E-state index is 4.82. The fourth-order valence-corrected chi connectivity index (χ4v) is 3.83. The van der Waals surface area contributed by atoms with E-state index in [1.54, 1.807) is 0 Å². The van der Waals surface area contributed by atoms with Crippen LogP contribution >= 0.6 is 0 Å². The van der Waals surface area contributed by atoms with Gasteiger partial charge >= 0.3 is 0 Å². The van der Waals surface area contributed by atoms with Crippen LogP contribution in [0.4, 0.5) is 23.1 Å². The van der Waals surface area contributed by atoms with Crippen LogP contribution in [-0.4, -0.2) is 36.1 Å². The molecule has 0 radical (unpaired) electrons. The minimum absolute atomic E-state index is 0.642. The van der Waals surface area contributed by atoms with E-state index in [1.807, 2.05) is 18.2 Å². The Hall–Kier alpha value is -3.08. The quantitative estimate of drug-likeness (QED) is 0.593. The number of nitrogens with one attached hydrogen (secondary N) is 1. The van der Waals surface area contributed by atoms with Crippen molar-refractivity contribution in [3.8, 4) is 11.3 Å². The van der Waals surface area contributed by atoms with Crippen molar-refractivity contribution >= 4 is 23.1 Å². The Morgan fingerprint density at radius 2 is 1.59 bits per heavy atom. The molecule has 1 fully saturated rings. The number of nitrogens with zero attached hydrogens (tertiary/aromatic N) is 4. The Kier molecular flexibility index (Phi) is 5.94. The molecular weight excluding hydrogens is 358 g/mol. The number of anilines is 4. The second kappa shape index (κ2) is 8.95. The smallest absolute Gasteiger partial charge is 0.229 e. The third kappa shape index (κ3) is 4.50. The second-order valence-corrected chi connectivity index (χ2v) is 7.34. The molecule has 29 heavy (non-hydrogen) atoms. The summed E-state index contributed by atoms with van der Waals surface area (Å²) >= 11 is 0. The van der Waals surface area contributed by atoms with Crippen molar-refractivity contribution in [2.45, 2.75) is 26.7 Å². The summed E-state index contributed by atoms with van der Waals surface area (Å²) in [5.74, 6) is 1.64. The van der Waals surface area contributed by atoms with E-state index in [-0.39, 0.29) is 0 Å². The second-order valence-electron chi connectivity index (χ2n) is 7.34. The van der Waals surface area contributed by atoms with Gasteiger partial charge in [-0.25, -0.2) is 4.98 Å². The van der Waals surface area contributed by atoms with Crippen molar-refractivity contribution in [1.82, 2.24) is 9.97 Å². The van der Waals surface area contributed by atoms with Crippen LogP contribution in [0.15, 0.2) is 60.7 Å². The average molecular weight is 388 g/mol. The third-order valence-electron chi connectivity index (χ3n) is 5.46. The van der Waals surface area contributed by atoms with Crippen molar-refractivity contribution in [3.05, 3.63) is 60.7 Å². The van der Waals surface area contributed by atoms with E-state index >= 15 is 0 Å². The minimum Gasteiger partial charge on any atom is -0.372 e. The van der Waals surface area contributed by atoms with Crippen LogP contribution in [0.1, 0.15) is 26.7 Å². The van der Waals surface area contributed by atoms with E-state index in [0.717, 1.165) is 48.9 Å². The number of benzene rings is 2. The van der Waals surface area contributed by atoms with Gasteiger partial charge in [-0.1, -0.05) is 30.3 Å². The molecule has 0 unspecified atom stereocenters. The predicted molar refractivity (Wildman–Crippen MR) is 122 cm³/mol. The van der Waals surface area contributed by atoms with Gasteiger partial charge in [0.15, 0.2) is 0 Å². The standard InChI is InChI=1S/C24H29N5/c1-3-28(4-2)21-14-12-20(13-15-21)25-24-26-22(19-10-6-5-7-11-19)18-23(27-24)29-16-8-9-17-29/h5-7,10-15,18H,3-4,8-9,16-17H2,1-2H3,(H,25,26,27). The van der Waals surface area contributed by atoms with Gasteiger partial charge in [-0.3, -0.25) is 0 Å². The highest BCUT2D eigenvalue weighted by Crippen LogP contribution is 2.27. The number of rotatable bonds is 7. The van der Waals surface area contributed by atoms with Gasteiger partial charge in [0.25, 0.3) is 0 Å². The Balaban J connectivity index is 1.63. The van der Waals surface area contributed by atoms with Gasteiger partial charge in [-0.05, 0) is 51.0 Å². The first-order valence-corrected chi connectivity index (χ1v) is 10.6. The van der Waals surface area contributed by atoms with E-state index < -0.39 is 0 Å². The van der Waals surface area contributed by atoms with E-state index in [1.165, 1.54) is 18.5 Å². The van der Waals surface area contributed by atoms with Crippen LogP contribution in [0.5, 0.6) is 0 Å². The lowest BCUT2D eigenvalue weighted by atomic mass is 10.1. The highest BCUT2D eigenvalue weighted by atomic mass is 15.2. The summed E-state index contributed by atoms with van der Waals surface area (Å²) in [7, 11) is 0. The molecule has 0 amide bonds. The van der Waals surface area contributed by atoms with Gasteiger partial charge in [0.05, 0.1) is 5.69 Å². The summed E-state index contributed by atoms with van der Waals surface area (Å²) in [6.45, 7) is 8.48. The largest absolute Gasteiger partial charge is 0.372 e. The number of hydrogen-bond acceptors (Lipinski definition) is 5.